The third-order valence-electron chi connectivity index (χ3n) is 6.76. The molecule has 3 aromatic carbocycles. The summed E-state index contributed by atoms with van der Waals surface area (Å²) in [5, 5.41) is 0.619. The summed E-state index contributed by atoms with van der Waals surface area (Å²) in [6.07, 6.45) is -2.94. The molecule has 0 bridgehead atoms. The summed E-state index contributed by atoms with van der Waals surface area (Å²) in [4.78, 5) is 33.2. The van der Waals surface area contributed by atoms with Gasteiger partial charge in [-0.2, -0.15) is 13.2 Å². The van der Waals surface area contributed by atoms with E-state index in [1.165, 1.54) is 24.0 Å². The largest absolute Gasteiger partial charge is 0.416 e. The number of rotatable bonds is 4. The normalized spacial score (nSPS) is 13.9. The number of aryl methyl sites for hydroxylation is 1. The lowest BCUT2D eigenvalue weighted by atomic mass is 9.99. The van der Waals surface area contributed by atoms with Crippen LogP contribution in [-0.4, -0.2) is 48.0 Å². The van der Waals surface area contributed by atoms with E-state index in [4.69, 9.17) is 4.74 Å². The Hall–Kier alpha value is -4.24. The molecular formula is C30H26F3N3O3. The molecule has 0 unspecified atom stereocenters. The van der Waals surface area contributed by atoms with Crippen LogP contribution in [0.4, 0.5) is 24.5 Å². The van der Waals surface area contributed by atoms with Crippen LogP contribution in [0.25, 0.3) is 22.0 Å². The Morgan fingerprint density at radius 3 is 2.31 bits per heavy atom. The minimum Gasteiger partial charge on any atom is -0.378 e. The van der Waals surface area contributed by atoms with Gasteiger partial charge in [0.2, 0.25) is 5.91 Å². The first kappa shape index (κ1) is 26.4. The van der Waals surface area contributed by atoms with Gasteiger partial charge in [0.05, 0.1) is 30.0 Å². The van der Waals surface area contributed by atoms with Crippen LogP contribution in [0.1, 0.15) is 28.4 Å². The maximum atomic E-state index is 13.4. The van der Waals surface area contributed by atoms with Gasteiger partial charge in [0, 0.05) is 42.8 Å². The molecule has 9 heteroatoms. The summed E-state index contributed by atoms with van der Waals surface area (Å²) in [7, 11) is 0. The number of amides is 2. The molecule has 2 heterocycles. The predicted octanol–water partition coefficient (Wildman–Crippen LogP) is 6.39. The van der Waals surface area contributed by atoms with E-state index >= 15 is 0 Å². The molecule has 0 saturated carbocycles. The number of benzene rings is 3. The fraction of sp³-hybridized carbons (Fsp3) is 0.233. The molecule has 0 aliphatic carbocycles. The van der Waals surface area contributed by atoms with Crippen molar-refractivity contribution >= 4 is 34.1 Å². The smallest absolute Gasteiger partial charge is 0.378 e. The second-order valence-corrected chi connectivity index (χ2v) is 9.41. The third-order valence-corrected chi connectivity index (χ3v) is 6.76. The van der Waals surface area contributed by atoms with Crippen molar-refractivity contribution in [3.8, 4) is 11.1 Å². The number of ether oxygens (including phenoxy) is 1. The molecule has 1 aliphatic rings. The average molecular weight is 534 g/mol. The van der Waals surface area contributed by atoms with Gasteiger partial charge >= 0.3 is 6.18 Å². The van der Waals surface area contributed by atoms with Gasteiger partial charge in [-0.3, -0.25) is 19.5 Å². The summed E-state index contributed by atoms with van der Waals surface area (Å²) in [5.41, 5.74) is 3.21. The first-order valence-electron chi connectivity index (χ1n) is 12.5. The van der Waals surface area contributed by atoms with Gasteiger partial charge in [0.25, 0.3) is 5.91 Å². The standard InChI is InChI=1S/C30H26F3N3O3/c1-19-18-34-27-11-10-23(21-6-8-22(9-7-21)29(38)35-12-14-39-15-13-35)16-26(27)28(19)36(20(2)37)25-5-3-4-24(17-25)30(31,32)33/h3-11,16-18H,12-15H2,1-2H3. The van der Waals surface area contributed by atoms with Crippen molar-refractivity contribution in [3.05, 3.63) is 89.6 Å². The van der Waals surface area contributed by atoms with E-state index in [-0.39, 0.29) is 11.6 Å². The van der Waals surface area contributed by atoms with E-state index < -0.39 is 17.6 Å². The average Bonchev–Trinajstić information content (AvgIpc) is 2.94. The van der Waals surface area contributed by atoms with Gasteiger partial charge in [0.1, 0.15) is 0 Å². The Labute approximate surface area is 223 Å². The number of carbonyl (C=O) groups excluding carboxylic acids is 2. The zero-order valence-corrected chi connectivity index (χ0v) is 21.5. The molecule has 1 aliphatic heterocycles. The van der Waals surface area contributed by atoms with Crippen LogP contribution in [0.3, 0.4) is 0 Å². The maximum absolute atomic E-state index is 13.4. The van der Waals surface area contributed by atoms with Crippen LogP contribution in [0.2, 0.25) is 0 Å². The molecule has 5 rings (SSSR count). The van der Waals surface area contributed by atoms with Crippen LogP contribution in [0, 0.1) is 6.92 Å². The Kier molecular flexibility index (Phi) is 7.10. The number of nitrogens with zero attached hydrogens (tertiary/aromatic N) is 3. The lowest BCUT2D eigenvalue weighted by Gasteiger charge is -2.27. The number of pyridine rings is 1. The predicted molar refractivity (Wildman–Crippen MR) is 143 cm³/mol. The molecule has 1 fully saturated rings. The first-order chi connectivity index (χ1) is 18.6. The van der Waals surface area contributed by atoms with Gasteiger partial charge in [0.15, 0.2) is 0 Å². The molecule has 200 valence electrons. The van der Waals surface area contributed by atoms with Crippen LogP contribution < -0.4 is 4.90 Å². The molecule has 1 aromatic heterocycles. The second kappa shape index (κ2) is 10.5. The Morgan fingerprint density at radius 1 is 0.949 bits per heavy atom. The summed E-state index contributed by atoms with van der Waals surface area (Å²) < 4.78 is 45.7. The van der Waals surface area contributed by atoms with E-state index in [0.717, 1.165) is 23.3 Å². The highest BCUT2D eigenvalue weighted by Crippen LogP contribution is 2.39. The Bertz CT molecular complexity index is 1550. The topological polar surface area (TPSA) is 62.7 Å². The fourth-order valence-electron chi connectivity index (χ4n) is 4.80. The number of anilines is 2. The number of aromatic nitrogens is 1. The molecule has 39 heavy (non-hydrogen) atoms. The van der Waals surface area contributed by atoms with Gasteiger partial charge in [-0.25, -0.2) is 0 Å². The lowest BCUT2D eigenvalue weighted by molar-refractivity contribution is -0.137. The summed E-state index contributed by atoms with van der Waals surface area (Å²) in [6.45, 7) is 5.24. The molecule has 4 aromatic rings. The number of fused-ring (bicyclic) bond motifs is 1. The fourth-order valence-corrected chi connectivity index (χ4v) is 4.80. The summed E-state index contributed by atoms with van der Waals surface area (Å²) in [5.74, 6) is -0.482. The highest BCUT2D eigenvalue weighted by molar-refractivity contribution is 6.08. The van der Waals surface area contributed by atoms with Crippen LogP contribution in [0.15, 0.2) is 72.9 Å². The van der Waals surface area contributed by atoms with Crippen molar-refractivity contribution in [2.24, 2.45) is 0 Å². The minimum absolute atomic E-state index is 0.0522. The second-order valence-electron chi connectivity index (χ2n) is 9.41. The molecular weight excluding hydrogens is 507 g/mol. The van der Waals surface area contributed by atoms with Gasteiger partial charge < -0.3 is 9.64 Å². The van der Waals surface area contributed by atoms with Crippen molar-refractivity contribution in [2.75, 3.05) is 31.2 Å². The zero-order valence-electron chi connectivity index (χ0n) is 21.5. The number of halogens is 3. The number of morpholine rings is 1. The minimum atomic E-state index is -4.55. The summed E-state index contributed by atoms with van der Waals surface area (Å²) >= 11 is 0. The monoisotopic (exact) mass is 533 g/mol. The van der Waals surface area contributed by atoms with Crippen LogP contribution in [-0.2, 0) is 15.7 Å². The SMILES string of the molecule is CC(=O)N(c1cccc(C(F)(F)F)c1)c1c(C)cnc2ccc(-c3ccc(C(=O)N4CCOCC4)cc3)cc12. The zero-order chi connectivity index (χ0) is 27.7. The van der Waals surface area contributed by atoms with Gasteiger partial charge in [-0.15, -0.1) is 0 Å². The molecule has 0 spiro atoms. The van der Waals surface area contributed by atoms with E-state index in [1.807, 2.05) is 30.3 Å². The van der Waals surface area contributed by atoms with Crippen molar-refractivity contribution in [3.63, 3.8) is 0 Å². The molecule has 0 N–H and O–H groups in total. The van der Waals surface area contributed by atoms with Crippen LogP contribution >= 0.6 is 0 Å². The first-order valence-corrected chi connectivity index (χ1v) is 12.5. The number of hydrogen-bond donors (Lipinski definition) is 0. The van der Waals surface area contributed by atoms with Crippen molar-refractivity contribution in [2.45, 2.75) is 20.0 Å². The molecule has 1 saturated heterocycles. The number of alkyl halides is 3. The van der Waals surface area contributed by atoms with E-state index in [9.17, 15) is 22.8 Å². The van der Waals surface area contributed by atoms with Crippen LogP contribution in [0.5, 0.6) is 0 Å². The quantitative estimate of drug-likeness (QED) is 0.305. The van der Waals surface area contributed by atoms with Crippen molar-refractivity contribution in [1.29, 1.82) is 0 Å². The Balaban J connectivity index is 1.56. The third kappa shape index (κ3) is 5.35. The number of hydrogen-bond acceptors (Lipinski definition) is 4. The molecule has 2 amide bonds. The molecule has 6 nitrogen and oxygen atoms in total. The lowest BCUT2D eigenvalue weighted by Crippen LogP contribution is -2.40. The number of carbonyl (C=O) groups is 2. The van der Waals surface area contributed by atoms with Crippen molar-refractivity contribution in [1.82, 2.24) is 9.88 Å². The molecule has 0 atom stereocenters. The van der Waals surface area contributed by atoms with E-state index in [0.29, 0.717) is 54.0 Å². The van der Waals surface area contributed by atoms with Crippen molar-refractivity contribution < 1.29 is 27.5 Å². The molecule has 0 radical (unpaired) electrons. The maximum Gasteiger partial charge on any atom is 0.416 e. The highest BCUT2D eigenvalue weighted by Gasteiger charge is 2.31. The summed E-state index contributed by atoms with van der Waals surface area (Å²) in [6, 6.07) is 17.5. The highest BCUT2D eigenvalue weighted by atomic mass is 19.4. The van der Waals surface area contributed by atoms with E-state index in [1.54, 1.807) is 30.2 Å². The Morgan fingerprint density at radius 2 is 1.64 bits per heavy atom. The van der Waals surface area contributed by atoms with Gasteiger partial charge in [-0.1, -0.05) is 24.3 Å². The van der Waals surface area contributed by atoms with Gasteiger partial charge in [-0.05, 0) is 66.1 Å². The van der Waals surface area contributed by atoms with E-state index in [2.05, 4.69) is 4.98 Å².